The number of hydrogen-bond donors (Lipinski definition) is 0. The lowest BCUT2D eigenvalue weighted by Crippen LogP contribution is -2.55. The molecule has 6 heteroatoms. The Morgan fingerprint density at radius 2 is 1.89 bits per heavy atom. The van der Waals surface area contributed by atoms with Gasteiger partial charge in [0.1, 0.15) is 0 Å². The van der Waals surface area contributed by atoms with Gasteiger partial charge >= 0.3 is 6.18 Å². The van der Waals surface area contributed by atoms with Gasteiger partial charge in [0.2, 0.25) is 5.91 Å². The van der Waals surface area contributed by atoms with Crippen LogP contribution in [0.2, 0.25) is 0 Å². The van der Waals surface area contributed by atoms with Crippen molar-refractivity contribution in [1.29, 1.82) is 0 Å². The third-order valence-corrected chi connectivity index (χ3v) is 5.62. The van der Waals surface area contributed by atoms with E-state index in [9.17, 15) is 18.0 Å². The molecule has 0 unspecified atom stereocenters. The van der Waals surface area contributed by atoms with E-state index in [1.165, 1.54) is 17.7 Å². The summed E-state index contributed by atoms with van der Waals surface area (Å²) < 4.78 is 38.2. The number of rotatable bonds is 4. The molecule has 148 valence electrons. The van der Waals surface area contributed by atoms with E-state index in [4.69, 9.17) is 0 Å². The smallest absolute Gasteiger partial charge is 0.335 e. The van der Waals surface area contributed by atoms with Gasteiger partial charge in [-0.25, -0.2) is 0 Å². The average Bonchev–Trinajstić information content (AvgIpc) is 2.62. The minimum Gasteiger partial charge on any atom is -0.335 e. The molecule has 0 N–H and O–H groups in total. The van der Waals surface area contributed by atoms with Crippen molar-refractivity contribution in [2.45, 2.75) is 51.9 Å². The number of hydrogen-bond acceptors (Lipinski definition) is 2. The summed E-state index contributed by atoms with van der Waals surface area (Å²) in [6, 6.07) is 5.37. The third-order valence-electron chi connectivity index (χ3n) is 5.62. The van der Waals surface area contributed by atoms with Gasteiger partial charge in [0.05, 0.1) is 5.56 Å². The molecule has 0 saturated carbocycles. The number of allylic oxidation sites excluding steroid dienone is 1. The lowest BCUT2D eigenvalue weighted by atomic mass is 9.83. The summed E-state index contributed by atoms with van der Waals surface area (Å²) in [4.78, 5) is 16.8. The van der Waals surface area contributed by atoms with E-state index in [0.717, 1.165) is 50.2 Å². The Labute approximate surface area is 158 Å². The lowest BCUT2D eigenvalue weighted by Gasteiger charge is -2.47. The van der Waals surface area contributed by atoms with Crippen LogP contribution in [0.25, 0.3) is 0 Å². The normalized spacial score (nSPS) is 23.9. The molecule has 2 atom stereocenters. The van der Waals surface area contributed by atoms with Gasteiger partial charge in [-0.05, 0) is 50.3 Å². The number of amides is 1. The molecule has 0 bridgehead atoms. The summed E-state index contributed by atoms with van der Waals surface area (Å²) in [7, 11) is 0. The predicted octanol–water partition coefficient (Wildman–Crippen LogP) is 4.48. The van der Waals surface area contributed by atoms with Crippen molar-refractivity contribution in [1.82, 2.24) is 9.80 Å². The number of benzene rings is 1. The largest absolute Gasteiger partial charge is 0.416 e. The van der Waals surface area contributed by atoms with Crippen LogP contribution in [0.4, 0.5) is 13.2 Å². The quantitative estimate of drug-likeness (QED) is 0.719. The van der Waals surface area contributed by atoms with Gasteiger partial charge in [0, 0.05) is 38.6 Å². The Morgan fingerprint density at radius 1 is 1.19 bits per heavy atom. The number of piperidine rings is 2. The summed E-state index contributed by atoms with van der Waals surface area (Å²) in [5, 5.41) is 0. The molecule has 0 aliphatic carbocycles. The highest BCUT2D eigenvalue weighted by atomic mass is 19.4. The van der Waals surface area contributed by atoms with E-state index < -0.39 is 11.7 Å². The Hall–Kier alpha value is -1.82. The Kier molecular flexibility index (Phi) is 5.94. The molecule has 3 rings (SSSR count). The van der Waals surface area contributed by atoms with Gasteiger partial charge in [-0.3, -0.25) is 9.69 Å². The molecule has 2 aliphatic heterocycles. The summed E-state index contributed by atoms with van der Waals surface area (Å²) in [6.45, 7) is 7.45. The Morgan fingerprint density at radius 3 is 2.52 bits per heavy atom. The van der Waals surface area contributed by atoms with Crippen LogP contribution < -0.4 is 0 Å². The molecule has 2 saturated heterocycles. The van der Waals surface area contributed by atoms with Crippen LogP contribution in [0.5, 0.6) is 0 Å². The van der Waals surface area contributed by atoms with Crippen molar-refractivity contribution in [2.75, 3.05) is 19.6 Å². The first-order valence-corrected chi connectivity index (χ1v) is 9.55. The van der Waals surface area contributed by atoms with Crippen LogP contribution in [0.15, 0.2) is 35.9 Å². The number of carbonyl (C=O) groups excluding carboxylic acids is 1. The molecule has 1 aromatic carbocycles. The average molecular weight is 380 g/mol. The first-order valence-electron chi connectivity index (χ1n) is 9.55. The molecule has 1 aromatic rings. The standard InChI is InChI=1S/C21H27F3N2O/c1-15(2)9-11-25-12-10-19-17(14-25)5-8-20(27)26(19)13-16-3-6-18(7-4-16)21(22,23)24/h3-4,6-7,9,17,19H,5,8,10-14H2,1-2H3/t17-,19+/m1/s1. The topological polar surface area (TPSA) is 23.6 Å². The number of alkyl halides is 3. The number of fused-ring (bicyclic) bond motifs is 1. The maximum absolute atomic E-state index is 12.7. The first kappa shape index (κ1) is 19.9. The Balaban J connectivity index is 1.67. The fourth-order valence-corrected chi connectivity index (χ4v) is 4.11. The SMILES string of the molecule is CC(C)=CCN1CC[C@H]2[C@H](CCC(=O)N2Cc2ccc(C(F)(F)F)cc2)C1. The Bertz CT molecular complexity index is 692. The highest BCUT2D eigenvalue weighted by Crippen LogP contribution is 2.33. The lowest BCUT2D eigenvalue weighted by molar-refractivity contribution is -0.142. The highest BCUT2D eigenvalue weighted by molar-refractivity contribution is 5.77. The van der Waals surface area contributed by atoms with Gasteiger partial charge in [0.15, 0.2) is 0 Å². The second-order valence-electron chi connectivity index (χ2n) is 7.91. The van der Waals surface area contributed by atoms with Gasteiger partial charge in [0.25, 0.3) is 0 Å². The van der Waals surface area contributed by atoms with E-state index in [0.29, 0.717) is 18.9 Å². The van der Waals surface area contributed by atoms with Gasteiger partial charge in [-0.2, -0.15) is 13.2 Å². The molecule has 27 heavy (non-hydrogen) atoms. The van der Waals surface area contributed by atoms with Crippen molar-refractivity contribution in [3.8, 4) is 0 Å². The zero-order valence-corrected chi connectivity index (χ0v) is 15.9. The zero-order valence-electron chi connectivity index (χ0n) is 15.9. The molecule has 0 radical (unpaired) electrons. The van der Waals surface area contributed by atoms with Crippen molar-refractivity contribution < 1.29 is 18.0 Å². The summed E-state index contributed by atoms with van der Waals surface area (Å²) in [6.07, 6.45) is 0.251. The number of carbonyl (C=O) groups is 1. The van der Waals surface area contributed by atoms with E-state index in [-0.39, 0.29) is 11.9 Å². The maximum Gasteiger partial charge on any atom is 0.416 e. The molecular formula is C21H27F3N2O. The van der Waals surface area contributed by atoms with Crippen molar-refractivity contribution in [2.24, 2.45) is 5.92 Å². The minimum absolute atomic E-state index is 0.119. The fourth-order valence-electron chi connectivity index (χ4n) is 4.11. The van der Waals surface area contributed by atoms with Crippen LogP contribution in [-0.4, -0.2) is 41.4 Å². The second kappa shape index (κ2) is 8.05. The molecule has 2 aliphatic rings. The predicted molar refractivity (Wildman–Crippen MR) is 99.0 cm³/mol. The van der Waals surface area contributed by atoms with E-state index >= 15 is 0 Å². The van der Waals surface area contributed by atoms with Crippen LogP contribution in [0.3, 0.4) is 0 Å². The van der Waals surface area contributed by atoms with Crippen molar-refractivity contribution in [3.05, 3.63) is 47.0 Å². The molecule has 1 amide bonds. The van der Waals surface area contributed by atoms with Crippen LogP contribution in [-0.2, 0) is 17.5 Å². The molecule has 0 spiro atoms. The van der Waals surface area contributed by atoms with E-state index in [2.05, 4.69) is 24.8 Å². The van der Waals surface area contributed by atoms with Crippen LogP contribution >= 0.6 is 0 Å². The molecule has 3 nitrogen and oxygen atoms in total. The third kappa shape index (κ3) is 4.92. The first-order chi connectivity index (χ1) is 12.7. The minimum atomic E-state index is -4.33. The molecule has 2 heterocycles. The summed E-state index contributed by atoms with van der Waals surface area (Å²) in [5.41, 5.74) is 1.41. The number of likely N-dealkylation sites (tertiary alicyclic amines) is 2. The fraction of sp³-hybridized carbons (Fsp3) is 0.571. The molecule has 2 fully saturated rings. The van der Waals surface area contributed by atoms with Gasteiger partial charge in [-0.15, -0.1) is 0 Å². The molecule has 0 aromatic heterocycles. The van der Waals surface area contributed by atoms with Crippen molar-refractivity contribution in [3.63, 3.8) is 0 Å². The van der Waals surface area contributed by atoms with Crippen LogP contribution in [0.1, 0.15) is 44.2 Å². The zero-order chi connectivity index (χ0) is 19.6. The van der Waals surface area contributed by atoms with Gasteiger partial charge in [-0.1, -0.05) is 23.8 Å². The monoisotopic (exact) mass is 380 g/mol. The maximum atomic E-state index is 12.7. The van der Waals surface area contributed by atoms with E-state index in [1.54, 1.807) is 0 Å². The van der Waals surface area contributed by atoms with Crippen molar-refractivity contribution >= 4 is 5.91 Å². The number of nitrogens with zero attached hydrogens (tertiary/aromatic N) is 2. The summed E-state index contributed by atoms with van der Waals surface area (Å²) in [5.74, 6) is 0.561. The summed E-state index contributed by atoms with van der Waals surface area (Å²) >= 11 is 0. The van der Waals surface area contributed by atoms with Gasteiger partial charge < -0.3 is 4.90 Å². The second-order valence-corrected chi connectivity index (χ2v) is 7.91. The number of halogens is 3. The highest BCUT2D eigenvalue weighted by Gasteiger charge is 2.39. The molecular weight excluding hydrogens is 353 g/mol. The van der Waals surface area contributed by atoms with E-state index in [1.807, 2.05) is 4.90 Å². The van der Waals surface area contributed by atoms with Crippen LogP contribution in [0, 0.1) is 5.92 Å².